The molecule has 0 aliphatic rings. The zero-order valence-electron chi connectivity index (χ0n) is 13.8. The van der Waals surface area contributed by atoms with Crippen LogP contribution >= 0.6 is 0 Å². The zero-order valence-corrected chi connectivity index (χ0v) is 14.6. The molecular formula is C18H22N2O3S. The third-order valence-electron chi connectivity index (χ3n) is 3.38. The van der Waals surface area contributed by atoms with Gasteiger partial charge in [0, 0.05) is 34.9 Å². The first kappa shape index (κ1) is 18.0. The third-order valence-corrected chi connectivity index (χ3v) is 4.16. The number of ether oxygens (including phenoxy) is 1. The van der Waals surface area contributed by atoms with Gasteiger partial charge in [-0.1, -0.05) is 36.4 Å². The fourth-order valence-electron chi connectivity index (χ4n) is 2.18. The van der Waals surface area contributed by atoms with Crippen LogP contribution in [0.5, 0.6) is 11.5 Å². The average Bonchev–Trinajstić information content (AvgIpc) is 2.56. The summed E-state index contributed by atoms with van der Waals surface area (Å²) in [6.07, 6.45) is 1.61. The standard InChI is InChI=1S/C18H22N2O3S/c1-14(20-18(21)19-12-13-24(2)22)16-10-6-7-11-17(16)23-15-8-4-3-5-9-15/h3-11,14H,12-13H2,1-2H3,(H2,19,20,21)/t14-,24+/m0/s1. The van der Waals surface area contributed by atoms with Crippen molar-refractivity contribution in [1.29, 1.82) is 0 Å². The van der Waals surface area contributed by atoms with Crippen LogP contribution in [0.15, 0.2) is 54.6 Å². The van der Waals surface area contributed by atoms with Crippen molar-refractivity contribution in [2.24, 2.45) is 0 Å². The van der Waals surface area contributed by atoms with E-state index in [1.165, 1.54) is 0 Å². The van der Waals surface area contributed by atoms with Crippen LogP contribution in [-0.4, -0.2) is 28.8 Å². The number of rotatable bonds is 7. The van der Waals surface area contributed by atoms with Crippen molar-refractivity contribution in [3.05, 3.63) is 60.2 Å². The molecule has 2 aromatic rings. The van der Waals surface area contributed by atoms with E-state index in [4.69, 9.17) is 4.74 Å². The summed E-state index contributed by atoms with van der Waals surface area (Å²) in [6.45, 7) is 2.27. The highest BCUT2D eigenvalue weighted by molar-refractivity contribution is 7.84. The van der Waals surface area contributed by atoms with Crippen molar-refractivity contribution >= 4 is 16.8 Å². The van der Waals surface area contributed by atoms with Gasteiger partial charge in [-0.05, 0) is 25.1 Å². The highest BCUT2D eigenvalue weighted by Gasteiger charge is 2.14. The minimum Gasteiger partial charge on any atom is -0.457 e. The number of urea groups is 1. The molecule has 0 radical (unpaired) electrons. The Bertz CT molecular complexity index is 692. The molecule has 5 nitrogen and oxygen atoms in total. The van der Waals surface area contributed by atoms with Crippen molar-refractivity contribution < 1.29 is 13.7 Å². The molecule has 0 fully saturated rings. The van der Waals surface area contributed by atoms with Gasteiger partial charge in [-0.25, -0.2) is 4.79 Å². The van der Waals surface area contributed by atoms with Crippen molar-refractivity contribution in [2.75, 3.05) is 18.6 Å². The Morgan fingerprint density at radius 3 is 2.50 bits per heavy atom. The van der Waals surface area contributed by atoms with E-state index in [0.717, 1.165) is 11.3 Å². The van der Waals surface area contributed by atoms with Crippen LogP contribution in [-0.2, 0) is 10.8 Å². The largest absolute Gasteiger partial charge is 0.457 e. The summed E-state index contributed by atoms with van der Waals surface area (Å²) in [6, 6.07) is 16.6. The van der Waals surface area contributed by atoms with Crippen LogP contribution in [0.1, 0.15) is 18.5 Å². The van der Waals surface area contributed by atoms with E-state index in [0.29, 0.717) is 18.0 Å². The minimum absolute atomic E-state index is 0.225. The van der Waals surface area contributed by atoms with Gasteiger partial charge in [0.05, 0.1) is 6.04 Å². The number of carbonyl (C=O) groups excluding carboxylic acids is 1. The normalized spacial score (nSPS) is 12.9. The second-order valence-corrected chi connectivity index (χ2v) is 6.91. The fourth-order valence-corrected chi connectivity index (χ4v) is 2.57. The van der Waals surface area contributed by atoms with E-state index >= 15 is 0 Å². The molecule has 2 N–H and O–H groups in total. The lowest BCUT2D eigenvalue weighted by Crippen LogP contribution is -2.38. The summed E-state index contributed by atoms with van der Waals surface area (Å²) >= 11 is 0. The van der Waals surface area contributed by atoms with Gasteiger partial charge < -0.3 is 15.4 Å². The van der Waals surface area contributed by atoms with Gasteiger partial charge in [-0.15, -0.1) is 0 Å². The summed E-state index contributed by atoms with van der Waals surface area (Å²) in [5.41, 5.74) is 0.885. The second-order valence-electron chi connectivity index (χ2n) is 5.35. The average molecular weight is 346 g/mol. The molecule has 0 spiro atoms. The van der Waals surface area contributed by atoms with E-state index in [1.54, 1.807) is 6.26 Å². The topological polar surface area (TPSA) is 67.4 Å². The number of para-hydroxylation sites is 2. The molecule has 128 valence electrons. The molecule has 6 heteroatoms. The lowest BCUT2D eigenvalue weighted by Gasteiger charge is -2.18. The molecule has 2 amide bonds. The fraction of sp³-hybridized carbons (Fsp3) is 0.278. The highest BCUT2D eigenvalue weighted by atomic mass is 32.2. The molecule has 0 saturated carbocycles. The van der Waals surface area contributed by atoms with Gasteiger partial charge in [0.15, 0.2) is 0 Å². The van der Waals surface area contributed by atoms with Gasteiger partial charge in [0.1, 0.15) is 11.5 Å². The van der Waals surface area contributed by atoms with Crippen LogP contribution in [0, 0.1) is 0 Å². The molecule has 0 bridgehead atoms. The van der Waals surface area contributed by atoms with E-state index in [1.807, 2.05) is 61.5 Å². The monoisotopic (exact) mass is 346 g/mol. The van der Waals surface area contributed by atoms with Gasteiger partial charge in [0.2, 0.25) is 0 Å². The first-order chi connectivity index (χ1) is 11.6. The maximum absolute atomic E-state index is 11.9. The number of hydrogen-bond donors (Lipinski definition) is 2. The summed E-state index contributed by atoms with van der Waals surface area (Å²) in [5.74, 6) is 1.88. The summed E-state index contributed by atoms with van der Waals surface area (Å²) < 4.78 is 16.9. The van der Waals surface area contributed by atoms with E-state index < -0.39 is 10.8 Å². The first-order valence-corrected chi connectivity index (χ1v) is 9.45. The molecule has 2 atom stereocenters. The number of hydrogen-bond acceptors (Lipinski definition) is 3. The number of carbonyl (C=O) groups is 1. The van der Waals surface area contributed by atoms with Crippen LogP contribution in [0.25, 0.3) is 0 Å². The maximum atomic E-state index is 11.9. The molecule has 24 heavy (non-hydrogen) atoms. The minimum atomic E-state index is -0.919. The predicted molar refractivity (Wildman–Crippen MR) is 96.8 cm³/mol. The van der Waals surface area contributed by atoms with Crippen molar-refractivity contribution in [2.45, 2.75) is 13.0 Å². The lowest BCUT2D eigenvalue weighted by atomic mass is 10.1. The van der Waals surface area contributed by atoms with Gasteiger partial charge in [-0.3, -0.25) is 4.21 Å². The summed E-state index contributed by atoms with van der Waals surface area (Å²) in [5, 5.41) is 5.57. The second kappa shape index (κ2) is 9.08. The maximum Gasteiger partial charge on any atom is 0.315 e. The molecule has 0 aromatic heterocycles. The Kier molecular flexibility index (Phi) is 6.81. The third kappa shape index (κ3) is 5.70. The Labute approximate surface area is 144 Å². The van der Waals surface area contributed by atoms with Crippen LogP contribution in [0.4, 0.5) is 4.79 Å². The first-order valence-electron chi connectivity index (χ1n) is 7.72. The SMILES string of the molecule is C[C@H](NC(=O)NCC[S@@](C)=O)c1ccccc1Oc1ccccc1. The van der Waals surface area contributed by atoms with Crippen molar-refractivity contribution in [3.63, 3.8) is 0 Å². The van der Waals surface area contributed by atoms with E-state index in [-0.39, 0.29) is 12.1 Å². The van der Waals surface area contributed by atoms with Gasteiger partial charge >= 0.3 is 6.03 Å². The Morgan fingerprint density at radius 1 is 1.12 bits per heavy atom. The molecule has 0 aliphatic carbocycles. The van der Waals surface area contributed by atoms with E-state index in [2.05, 4.69) is 10.6 Å². The summed E-state index contributed by atoms with van der Waals surface area (Å²) in [4.78, 5) is 11.9. The van der Waals surface area contributed by atoms with Crippen LogP contribution in [0.2, 0.25) is 0 Å². The van der Waals surface area contributed by atoms with Gasteiger partial charge in [-0.2, -0.15) is 0 Å². The molecular weight excluding hydrogens is 324 g/mol. The van der Waals surface area contributed by atoms with Crippen molar-refractivity contribution in [3.8, 4) is 11.5 Å². The lowest BCUT2D eigenvalue weighted by molar-refractivity contribution is 0.238. The highest BCUT2D eigenvalue weighted by Crippen LogP contribution is 2.29. The number of benzene rings is 2. The molecule has 0 unspecified atom stereocenters. The molecule has 0 aliphatic heterocycles. The predicted octanol–water partition coefficient (Wildman–Crippen LogP) is 3.22. The molecule has 2 aromatic carbocycles. The molecule has 0 heterocycles. The van der Waals surface area contributed by atoms with Crippen molar-refractivity contribution in [1.82, 2.24) is 10.6 Å². The number of amides is 2. The summed E-state index contributed by atoms with van der Waals surface area (Å²) in [7, 11) is -0.919. The van der Waals surface area contributed by atoms with Crippen LogP contribution in [0.3, 0.4) is 0 Å². The molecule has 2 rings (SSSR count). The zero-order chi connectivity index (χ0) is 17.4. The van der Waals surface area contributed by atoms with E-state index in [9.17, 15) is 9.00 Å². The van der Waals surface area contributed by atoms with Gasteiger partial charge in [0.25, 0.3) is 0 Å². The van der Waals surface area contributed by atoms with Crippen LogP contribution < -0.4 is 15.4 Å². The molecule has 0 saturated heterocycles. The Hall–Kier alpha value is -2.34. The Balaban J connectivity index is 2.00. The Morgan fingerprint density at radius 2 is 1.79 bits per heavy atom. The smallest absolute Gasteiger partial charge is 0.315 e. The quantitative estimate of drug-likeness (QED) is 0.809. The number of nitrogens with one attached hydrogen (secondary N) is 2.